The molecule has 0 aliphatic rings. The maximum absolute atomic E-state index is 5.53. The molecular weight excluding hydrogens is 128 g/mol. The average molecular weight is 140 g/mol. The maximum atomic E-state index is 5.53. The van der Waals surface area contributed by atoms with E-state index >= 15 is 0 Å². The zero-order valence-electron chi connectivity index (χ0n) is 6.29. The minimum Gasteiger partial charge on any atom is -0.447 e. The van der Waals surface area contributed by atoms with Crippen LogP contribution in [0.15, 0.2) is 10.7 Å². The fourth-order valence-electron chi connectivity index (χ4n) is 0.694. The van der Waals surface area contributed by atoms with E-state index in [0.717, 1.165) is 12.1 Å². The van der Waals surface area contributed by atoms with Crippen LogP contribution >= 0.6 is 0 Å². The second kappa shape index (κ2) is 2.84. The van der Waals surface area contributed by atoms with E-state index in [0.29, 0.717) is 5.89 Å². The van der Waals surface area contributed by atoms with Crippen LogP contribution in [0, 0.1) is 0 Å². The van der Waals surface area contributed by atoms with Crippen molar-refractivity contribution in [3.63, 3.8) is 0 Å². The Kier molecular flexibility index (Phi) is 2.06. The zero-order chi connectivity index (χ0) is 7.56. The van der Waals surface area contributed by atoms with Gasteiger partial charge in [-0.25, -0.2) is 4.98 Å². The van der Waals surface area contributed by atoms with Gasteiger partial charge in [0.15, 0.2) is 0 Å². The Morgan fingerprint density at radius 2 is 2.50 bits per heavy atom. The number of nitrogens with two attached hydrogens (primary N) is 1. The summed E-state index contributed by atoms with van der Waals surface area (Å²) in [5.41, 5.74) is 6.49. The van der Waals surface area contributed by atoms with Gasteiger partial charge in [0.1, 0.15) is 6.26 Å². The van der Waals surface area contributed by atoms with Crippen molar-refractivity contribution in [2.45, 2.75) is 26.3 Å². The van der Waals surface area contributed by atoms with Crippen LogP contribution in [-0.2, 0) is 6.42 Å². The van der Waals surface area contributed by atoms with Crippen molar-refractivity contribution in [1.82, 2.24) is 4.98 Å². The summed E-state index contributed by atoms with van der Waals surface area (Å²) in [5, 5.41) is 0. The molecule has 0 saturated carbocycles. The van der Waals surface area contributed by atoms with Crippen molar-refractivity contribution in [3.05, 3.63) is 17.8 Å². The molecule has 0 aliphatic carbocycles. The molecule has 1 atom stereocenters. The molecule has 1 heterocycles. The standard InChI is InChI=1S/C7H12N2O/c1-3-6-4-10-7(9-6)5(2)8/h4-5H,3,8H2,1-2H3. The lowest BCUT2D eigenvalue weighted by molar-refractivity contribution is 0.463. The predicted molar refractivity (Wildman–Crippen MR) is 38.5 cm³/mol. The highest BCUT2D eigenvalue weighted by atomic mass is 16.3. The zero-order valence-corrected chi connectivity index (χ0v) is 6.29. The number of hydrogen-bond donors (Lipinski definition) is 1. The lowest BCUT2D eigenvalue weighted by atomic mass is 10.3. The van der Waals surface area contributed by atoms with E-state index in [2.05, 4.69) is 4.98 Å². The Balaban J connectivity index is 2.78. The molecule has 0 saturated heterocycles. The molecule has 1 aromatic rings. The van der Waals surface area contributed by atoms with E-state index < -0.39 is 0 Å². The Morgan fingerprint density at radius 3 is 2.80 bits per heavy atom. The number of hydrogen-bond acceptors (Lipinski definition) is 3. The summed E-state index contributed by atoms with van der Waals surface area (Å²) < 4.78 is 5.08. The van der Waals surface area contributed by atoms with Gasteiger partial charge in [0, 0.05) is 0 Å². The monoisotopic (exact) mass is 140 g/mol. The van der Waals surface area contributed by atoms with Gasteiger partial charge in [-0.05, 0) is 13.3 Å². The molecule has 3 nitrogen and oxygen atoms in total. The molecule has 0 amide bonds. The minimum absolute atomic E-state index is 0.0969. The summed E-state index contributed by atoms with van der Waals surface area (Å²) in [6, 6.07) is -0.0969. The van der Waals surface area contributed by atoms with E-state index in [1.165, 1.54) is 0 Å². The second-order valence-electron chi connectivity index (χ2n) is 2.32. The third kappa shape index (κ3) is 1.36. The highest BCUT2D eigenvalue weighted by molar-refractivity contribution is 4.97. The molecule has 0 aromatic carbocycles. The number of nitrogens with zero attached hydrogens (tertiary/aromatic N) is 1. The van der Waals surface area contributed by atoms with Crippen LogP contribution in [0.2, 0.25) is 0 Å². The Labute approximate surface area is 60.2 Å². The molecule has 0 spiro atoms. The smallest absolute Gasteiger partial charge is 0.210 e. The first-order valence-electron chi connectivity index (χ1n) is 3.44. The number of oxazole rings is 1. The third-order valence-electron chi connectivity index (χ3n) is 1.32. The van der Waals surface area contributed by atoms with Crippen molar-refractivity contribution in [2.75, 3.05) is 0 Å². The van der Waals surface area contributed by atoms with Crippen LogP contribution in [-0.4, -0.2) is 4.98 Å². The Morgan fingerprint density at radius 1 is 1.80 bits per heavy atom. The highest BCUT2D eigenvalue weighted by Crippen LogP contribution is 2.08. The van der Waals surface area contributed by atoms with Gasteiger partial charge in [-0.15, -0.1) is 0 Å². The molecule has 0 aliphatic heterocycles. The van der Waals surface area contributed by atoms with Gasteiger partial charge in [0.25, 0.3) is 0 Å². The Bertz CT molecular complexity index is 205. The van der Waals surface area contributed by atoms with E-state index in [1.807, 2.05) is 13.8 Å². The van der Waals surface area contributed by atoms with Gasteiger partial charge in [0.05, 0.1) is 11.7 Å². The van der Waals surface area contributed by atoms with Crippen LogP contribution in [0.3, 0.4) is 0 Å². The SMILES string of the molecule is CCc1coc(C(C)N)n1. The van der Waals surface area contributed by atoms with Crippen molar-refractivity contribution in [3.8, 4) is 0 Å². The van der Waals surface area contributed by atoms with Crippen molar-refractivity contribution >= 4 is 0 Å². The highest BCUT2D eigenvalue weighted by Gasteiger charge is 2.05. The van der Waals surface area contributed by atoms with E-state index in [1.54, 1.807) is 6.26 Å². The summed E-state index contributed by atoms with van der Waals surface area (Å²) in [5.74, 6) is 0.622. The van der Waals surface area contributed by atoms with E-state index in [-0.39, 0.29) is 6.04 Å². The molecule has 0 bridgehead atoms. The van der Waals surface area contributed by atoms with Gasteiger partial charge in [-0.2, -0.15) is 0 Å². The molecule has 3 heteroatoms. The first kappa shape index (κ1) is 7.28. The van der Waals surface area contributed by atoms with Crippen molar-refractivity contribution in [2.24, 2.45) is 5.73 Å². The number of rotatable bonds is 2. The van der Waals surface area contributed by atoms with Crippen LogP contribution in [0.25, 0.3) is 0 Å². The van der Waals surface area contributed by atoms with Crippen LogP contribution < -0.4 is 5.73 Å². The van der Waals surface area contributed by atoms with Crippen molar-refractivity contribution in [1.29, 1.82) is 0 Å². The molecule has 56 valence electrons. The van der Waals surface area contributed by atoms with Crippen molar-refractivity contribution < 1.29 is 4.42 Å². The molecule has 0 fully saturated rings. The van der Waals surface area contributed by atoms with Crippen LogP contribution in [0.4, 0.5) is 0 Å². The molecule has 0 radical (unpaired) electrons. The molecule has 1 rings (SSSR count). The van der Waals surface area contributed by atoms with Gasteiger partial charge in [-0.3, -0.25) is 0 Å². The Hall–Kier alpha value is -0.830. The molecule has 10 heavy (non-hydrogen) atoms. The summed E-state index contributed by atoms with van der Waals surface area (Å²) >= 11 is 0. The lowest BCUT2D eigenvalue weighted by Crippen LogP contribution is -2.05. The summed E-state index contributed by atoms with van der Waals surface area (Å²) in [7, 11) is 0. The fraction of sp³-hybridized carbons (Fsp3) is 0.571. The molecular formula is C7H12N2O. The molecule has 2 N–H and O–H groups in total. The van der Waals surface area contributed by atoms with Crippen LogP contribution in [0.5, 0.6) is 0 Å². The second-order valence-corrected chi connectivity index (χ2v) is 2.32. The first-order valence-corrected chi connectivity index (χ1v) is 3.44. The summed E-state index contributed by atoms with van der Waals surface area (Å²) in [6.45, 7) is 3.88. The summed E-state index contributed by atoms with van der Waals surface area (Å²) in [4.78, 5) is 4.14. The maximum Gasteiger partial charge on any atom is 0.210 e. The molecule has 1 aromatic heterocycles. The number of aryl methyl sites for hydroxylation is 1. The largest absolute Gasteiger partial charge is 0.447 e. The summed E-state index contributed by atoms with van der Waals surface area (Å²) in [6.07, 6.45) is 2.55. The topological polar surface area (TPSA) is 52.0 Å². The lowest BCUT2D eigenvalue weighted by Gasteiger charge is -1.94. The normalized spacial score (nSPS) is 13.5. The van der Waals surface area contributed by atoms with Gasteiger partial charge in [0.2, 0.25) is 5.89 Å². The minimum atomic E-state index is -0.0969. The predicted octanol–water partition coefficient (Wildman–Crippen LogP) is 1.26. The van der Waals surface area contributed by atoms with Crippen LogP contribution in [0.1, 0.15) is 31.5 Å². The van der Waals surface area contributed by atoms with Gasteiger partial charge >= 0.3 is 0 Å². The first-order chi connectivity index (χ1) is 4.74. The number of aromatic nitrogens is 1. The fourth-order valence-corrected chi connectivity index (χ4v) is 0.694. The van der Waals surface area contributed by atoms with E-state index in [9.17, 15) is 0 Å². The third-order valence-corrected chi connectivity index (χ3v) is 1.32. The average Bonchev–Trinajstić information content (AvgIpc) is 2.34. The quantitative estimate of drug-likeness (QED) is 0.672. The molecule has 1 unspecified atom stereocenters. The van der Waals surface area contributed by atoms with E-state index in [4.69, 9.17) is 10.2 Å². The van der Waals surface area contributed by atoms with Gasteiger partial charge < -0.3 is 10.2 Å². The van der Waals surface area contributed by atoms with Gasteiger partial charge in [-0.1, -0.05) is 6.92 Å².